The molecule has 1 heterocycles. The van der Waals surface area contributed by atoms with E-state index in [4.69, 9.17) is 5.73 Å². The Morgan fingerprint density at radius 1 is 1.29 bits per heavy atom. The minimum atomic E-state index is -3.11. The van der Waals surface area contributed by atoms with Gasteiger partial charge in [-0.25, -0.2) is 8.42 Å². The number of likely N-dealkylation sites (N-methyl/N-ethyl adjacent to an activating group) is 1. The number of nitrogens with zero attached hydrogens (tertiary/aromatic N) is 1. The molecule has 2 fully saturated rings. The third-order valence-corrected chi connectivity index (χ3v) is 6.82. The Morgan fingerprint density at radius 3 is 2.35 bits per heavy atom. The van der Waals surface area contributed by atoms with Crippen molar-refractivity contribution in [2.75, 3.05) is 12.3 Å². The van der Waals surface area contributed by atoms with E-state index in [2.05, 4.69) is 6.92 Å². The third kappa shape index (κ3) is 2.02. The van der Waals surface area contributed by atoms with Crippen LogP contribution in [0.1, 0.15) is 46.0 Å². The van der Waals surface area contributed by atoms with Crippen molar-refractivity contribution in [3.63, 3.8) is 0 Å². The second-order valence-corrected chi connectivity index (χ2v) is 7.44. The summed E-state index contributed by atoms with van der Waals surface area (Å²) in [5, 5.41) is 0. The molecule has 1 aliphatic heterocycles. The molecule has 0 aromatic carbocycles. The molecule has 0 aromatic rings. The highest BCUT2D eigenvalue weighted by molar-refractivity contribution is 7.89. The highest BCUT2D eigenvalue weighted by atomic mass is 32.2. The van der Waals surface area contributed by atoms with Crippen LogP contribution in [0.5, 0.6) is 0 Å². The first-order valence-corrected chi connectivity index (χ1v) is 8.33. The summed E-state index contributed by atoms with van der Waals surface area (Å²) >= 11 is 0. The van der Waals surface area contributed by atoms with E-state index in [0.29, 0.717) is 6.54 Å². The van der Waals surface area contributed by atoms with Crippen LogP contribution in [0.2, 0.25) is 0 Å². The first-order valence-electron chi connectivity index (χ1n) is 6.72. The van der Waals surface area contributed by atoms with Gasteiger partial charge in [-0.2, -0.15) is 4.31 Å². The van der Waals surface area contributed by atoms with E-state index in [0.717, 1.165) is 31.6 Å². The molecule has 2 aliphatic rings. The fourth-order valence-electron chi connectivity index (χ4n) is 3.65. The lowest BCUT2D eigenvalue weighted by Crippen LogP contribution is -2.56. The van der Waals surface area contributed by atoms with Crippen molar-refractivity contribution in [1.29, 1.82) is 0 Å². The van der Waals surface area contributed by atoms with Crippen LogP contribution in [0, 0.1) is 5.92 Å². The summed E-state index contributed by atoms with van der Waals surface area (Å²) in [5.74, 6) is 0.896. The lowest BCUT2D eigenvalue weighted by atomic mass is 9.72. The number of nitrogens with two attached hydrogens (primary N) is 1. The van der Waals surface area contributed by atoms with Crippen molar-refractivity contribution >= 4 is 10.0 Å². The molecule has 1 aliphatic carbocycles. The maximum Gasteiger partial charge on any atom is 0.216 e. The minimum Gasteiger partial charge on any atom is -0.325 e. The van der Waals surface area contributed by atoms with Gasteiger partial charge >= 0.3 is 0 Å². The lowest BCUT2D eigenvalue weighted by molar-refractivity contribution is 0.104. The van der Waals surface area contributed by atoms with Crippen LogP contribution in [0.15, 0.2) is 0 Å². The Kier molecular flexibility index (Phi) is 3.54. The molecular weight excluding hydrogens is 236 g/mol. The molecule has 0 amide bonds. The van der Waals surface area contributed by atoms with Gasteiger partial charge in [0.2, 0.25) is 10.0 Å². The van der Waals surface area contributed by atoms with Crippen molar-refractivity contribution in [2.45, 2.75) is 57.5 Å². The third-order valence-electron chi connectivity index (χ3n) is 4.75. The second kappa shape index (κ2) is 4.52. The zero-order valence-electron chi connectivity index (χ0n) is 10.9. The van der Waals surface area contributed by atoms with Gasteiger partial charge in [0.15, 0.2) is 0 Å². The lowest BCUT2D eigenvalue weighted by Gasteiger charge is -2.44. The largest absolute Gasteiger partial charge is 0.325 e. The Morgan fingerprint density at radius 2 is 1.88 bits per heavy atom. The molecule has 1 saturated heterocycles. The topological polar surface area (TPSA) is 63.4 Å². The molecule has 17 heavy (non-hydrogen) atoms. The highest BCUT2D eigenvalue weighted by Gasteiger charge is 2.55. The maximum absolute atomic E-state index is 12.1. The summed E-state index contributed by atoms with van der Waals surface area (Å²) in [6.07, 6.45) is 5.33. The normalized spacial score (nSPS) is 42.1. The van der Waals surface area contributed by atoms with Gasteiger partial charge in [-0.1, -0.05) is 20.3 Å². The molecular formula is C12H24N2O2S. The monoisotopic (exact) mass is 260 g/mol. The van der Waals surface area contributed by atoms with Crippen LogP contribution in [0.3, 0.4) is 0 Å². The van der Waals surface area contributed by atoms with Crippen LogP contribution in [0.4, 0.5) is 0 Å². The predicted octanol–water partition coefficient (Wildman–Crippen LogP) is 1.32. The molecule has 0 radical (unpaired) electrons. The average molecular weight is 260 g/mol. The Bertz CT molecular complexity index is 372. The van der Waals surface area contributed by atoms with Gasteiger partial charge in [-0.3, -0.25) is 0 Å². The van der Waals surface area contributed by atoms with E-state index < -0.39 is 10.0 Å². The van der Waals surface area contributed by atoms with Gasteiger partial charge in [-0.05, 0) is 31.6 Å². The summed E-state index contributed by atoms with van der Waals surface area (Å²) in [7, 11) is -3.11. The summed E-state index contributed by atoms with van der Waals surface area (Å²) in [6, 6.07) is -0.203. The van der Waals surface area contributed by atoms with Gasteiger partial charge in [0, 0.05) is 12.6 Å². The highest BCUT2D eigenvalue weighted by Crippen LogP contribution is 2.44. The Balaban J connectivity index is 2.25. The summed E-state index contributed by atoms with van der Waals surface area (Å²) in [6.45, 7) is 4.70. The fraction of sp³-hybridized carbons (Fsp3) is 1.00. The Labute approximate surface area is 105 Å². The van der Waals surface area contributed by atoms with Crippen LogP contribution in [-0.2, 0) is 10.0 Å². The van der Waals surface area contributed by atoms with Gasteiger partial charge in [-0.15, -0.1) is 0 Å². The molecule has 4 nitrogen and oxygen atoms in total. The van der Waals surface area contributed by atoms with Crippen LogP contribution in [0.25, 0.3) is 0 Å². The molecule has 100 valence electrons. The van der Waals surface area contributed by atoms with E-state index >= 15 is 0 Å². The van der Waals surface area contributed by atoms with E-state index in [1.54, 1.807) is 4.31 Å². The summed E-state index contributed by atoms with van der Waals surface area (Å²) in [5.41, 5.74) is 5.89. The summed E-state index contributed by atoms with van der Waals surface area (Å²) < 4.78 is 25.8. The van der Waals surface area contributed by atoms with E-state index in [1.165, 1.54) is 6.42 Å². The van der Waals surface area contributed by atoms with Gasteiger partial charge in [0.25, 0.3) is 0 Å². The molecule has 1 saturated carbocycles. The minimum absolute atomic E-state index is 0.137. The van der Waals surface area contributed by atoms with Crippen molar-refractivity contribution in [1.82, 2.24) is 4.31 Å². The fourth-order valence-corrected chi connectivity index (χ4v) is 5.86. The first kappa shape index (κ1) is 13.3. The standard InChI is InChI=1S/C12H24N2O2S/c1-3-10-5-7-12(8-6-10)11(13)9-17(15,16)14(12)4-2/h10-11H,3-9,13H2,1-2H3. The summed E-state index contributed by atoms with van der Waals surface area (Å²) in [4.78, 5) is 0. The maximum atomic E-state index is 12.1. The van der Waals surface area contributed by atoms with Gasteiger partial charge < -0.3 is 5.73 Å². The van der Waals surface area contributed by atoms with Crippen LogP contribution in [-0.4, -0.2) is 36.6 Å². The van der Waals surface area contributed by atoms with E-state index in [-0.39, 0.29) is 17.3 Å². The second-order valence-electron chi connectivity index (χ2n) is 5.51. The molecule has 2 rings (SSSR count). The smallest absolute Gasteiger partial charge is 0.216 e. The average Bonchev–Trinajstić information content (AvgIpc) is 2.47. The molecule has 1 spiro atoms. The predicted molar refractivity (Wildman–Crippen MR) is 69.1 cm³/mol. The SMILES string of the molecule is CCC1CCC2(CC1)C(N)CS(=O)(=O)N2CC. The van der Waals surface area contributed by atoms with Gasteiger partial charge in [0.05, 0.1) is 11.3 Å². The van der Waals surface area contributed by atoms with Crippen LogP contribution >= 0.6 is 0 Å². The molecule has 2 N–H and O–H groups in total. The quantitative estimate of drug-likeness (QED) is 0.814. The number of hydrogen-bond donors (Lipinski definition) is 1. The van der Waals surface area contributed by atoms with Crippen molar-refractivity contribution < 1.29 is 8.42 Å². The molecule has 1 atom stereocenters. The molecule has 0 bridgehead atoms. The van der Waals surface area contributed by atoms with Crippen molar-refractivity contribution in [2.24, 2.45) is 11.7 Å². The number of rotatable bonds is 2. The van der Waals surface area contributed by atoms with E-state index in [9.17, 15) is 8.42 Å². The molecule has 1 unspecified atom stereocenters. The van der Waals surface area contributed by atoms with E-state index in [1.807, 2.05) is 6.92 Å². The van der Waals surface area contributed by atoms with Crippen LogP contribution < -0.4 is 5.73 Å². The zero-order valence-corrected chi connectivity index (χ0v) is 11.7. The molecule has 0 aromatic heterocycles. The van der Waals surface area contributed by atoms with Gasteiger partial charge in [0.1, 0.15) is 0 Å². The first-order chi connectivity index (χ1) is 7.96. The zero-order chi connectivity index (χ0) is 12.7. The van der Waals surface area contributed by atoms with Crippen molar-refractivity contribution in [3.8, 4) is 0 Å². The Hall–Kier alpha value is -0.130. The number of hydrogen-bond acceptors (Lipinski definition) is 3. The molecule has 5 heteroatoms. The van der Waals surface area contributed by atoms with Crippen molar-refractivity contribution in [3.05, 3.63) is 0 Å². The number of sulfonamides is 1.